The first-order chi connectivity index (χ1) is 11.1. The van der Waals surface area contributed by atoms with Crippen LogP contribution in [0.5, 0.6) is 0 Å². The lowest BCUT2D eigenvalue weighted by Crippen LogP contribution is -2.13. The van der Waals surface area contributed by atoms with Gasteiger partial charge in [0, 0.05) is 0 Å². The van der Waals surface area contributed by atoms with Crippen LogP contribution < -0.4 is 5.73 Å². The maximum Gasteiger partial charge on any atom is 0.332 e. The number of hydrogen-bond acceptors (Lipinski definition) is 3. The van der Waals surface area contributed by atoms with Gasteiger partial charge in [0.1, 0.15) is 6.10 Å². The van der Waals surface area contributed by atoms with E-state index in [1.807, 2.05) is 0 Å². The van der Waals surface area contributed by atoms with E-state index in [4.69, 9.17) is 15.9 Å². The Bertz CT molecular complexity index is 219. The maximum absolute atomic E-state index is 9.45. The van der Waals surface area contributed by atoms with E-state index in [1.54, 1.807) is 0 Å². The first-order valence-electron chi connectivity index (χ1n) is 9.67. The van der Waals surface area contributed by atoms with Gasteiger partial charge in [-0.15, -0.1) is 0 Å². The lowest BCUT2D eigenvalue weighted by Gasteiger charge is -2.02. The third-order valence-corrected chi connectivity index (χ3v) is 3.92. The molecule has 0 amide bonds. The summed E-state index contributed by atoms with van der Waals surface area (Å²) in [6, 6.07) is 0. The zero-order valence-corrected chi connectivity index (χ0v) is 15.6. The molecule has 4 nitrogen and oxygen atoms in total. The van der Waals surface area contributed by atoms with Gasteiger partial charge in [-0.3, -0.25) is 0 Å². The Hall–Kier alpha value is -0.610. The molecule has 1 unspecified atom stereocenters. The van der Waals surface area contributed by atoms with Gasteiger partial charge in [0.25, 0.3) is 0 Å². The predicted octanol–water partition coefficient (Wildman–Crippen LogP) is 4.88. The molecule has 0 aliphatic rings. The van der Waals surface area contributed by atoms with Crippen molar-refractivity contribution in [2.24, 2.45) is 5.73 Å². The fourth-order valence-electron chi connectivity index (χ4n) is 2.34. The zero-order valence-electron chi connectivity index (χ0n) is 15.6. The Labute approximate surface area is 143 Å². The molecule has 0 fully saturated rings. The molecule has 0 saturated heterocycles. The van der Waals surface area contributed by atoms with Gasteiger partial charge in [0.15, 0.2) is 0 Å². The van der Waals surface area contributed by atoms with Crippen molar-refractivity contribution in [3.05, 3.63) is 0 Å². The monoisotopic (exact) mass is 331 g/mol. The van der Waals surface area contributed by atoms with Crippen molar-refractivity contribution in [2.45, 2.75) is 110 Å². The summed E-state index contributed by atoms with van der Waals surface area (Å²) in [4.78, 5) is 9.45. The molecular formula is C19H41NO3. The number of carbonyl (C=O) groups is 1. The maximum atomic E-state index is 9.45. The molecule has 0 aliphatic carbocycles. The van der Waals surface area contributed by atoms with Gasteiger partial charge in [-0.05, 0) is 19.9 Å². The van der Waals surface area contributed by atoms with Gasteiger partial charge < -0.3 is 15.9 Å². The summed E-state index contributed by atoms with van der Waals surface area (Å²) in [5.41, 5.74) is 5.47. The van der Waals surface area contributed by atoms with Gasteiger partial charge in [0.2, 0.25) is 0 Å². The Morgan fingerprint density at radius 2 is 1.04 bits per heavy atom. The normalized spacial score (nSPS) is 11.7. The number of aliphatic hydroxyl groups excluding tert-OH is 1. The largest absolute Gasteiger partial charge is 0.479 e. The van der Waals surface area contributed by atoms with Gasteiger partial charge in [-0.2, -0.15) is 0 Å². The minimum atomic E-state index is -1.23. The zero-order chi connectivity index (χ0) is 17.8. The van der Waals surface area contributed by atoms with Crippen LogP contribution in [0.4, 0.5) is 0 Å². The standard InChI is InChI=1S/C16H35N.C3H6O3/c1-2-3-4-5-6-7-8-9-10-11-12-13-14-15-16-17;1-2(4)3(5)6/h2-17H2,1H3;2,4H,1H3,(H,5,6). The van der Waals surface area contributed by atoms with Gasteiger partial charge >= 0.3 is 5.97 Å². The molecule has 0 radical (unpaired) electrons. The van der Waals surface area contributed by atoms with Crippen LogP contribution in [0.15, 0.2) is 0 Å². The highest BCUT2D eigenvalue weighted by molar-refractivity contribution is 5.71. The van der Waals surface area contributed by atoms with Crippen LogP contribution in [0.25, 0.3) is 0 Å². The molecule has 0 aliphatic heterocycles. The van der Waals surface area contributed by atoms with Crippen molar-refractivity contribution >= 4 is 5.97 Å². The SMILES string of the molecule is CC(O)C(=O)O.CCCCCCCCCCCCCCCCN. The van der Waals surface area contributed by atoms with Crippen molar-refractivity contribution in [3.63, 3.8) is 0 Å². The molecule has 0 aromatic rings. The van der Waals surface area contributed by atoms with Gasteiger partial charge in [-0.25, -0.2) is 4.79 Å². The Kier molecular flexibility index (Phi) is 22.9. The number of unbranched alkanes of at least 4 members (excludes halogenated alkanes) is 13. The number of rotatable bonds is 15. The first-order valence-corrected chi connectivity index (χ1v) is 9.67. The summed E-state index contributed by atoms with van der Waals surface area (Å²) < 4.78 is 0. The number of carboxylic acids is 1. The number of carboxylic acid groups (broad SMARTS) is 1. The third-order valence-electron chi connectivity index (χ3n) is 3.92. The first kappa shape index (κ1) is 24.6. The predicted molar refractivity (Wildman–Crippen MR) is 98.7 cm³/mol. The van der Waals surface area contributed by atoms with E-state index in [0.717, 1.165) is 6.54 Å². The summed E-state index contributed by atoms with van der Waals surface area (Å²) in [6.07, 6.45) is 18.6. The van der Waals surface area contributed by atoms with E-state index in [9.17, 15) is 4.79 Å². The molecule has 0 heterocycles. The molecule has 0 aromatic heterocycles. The number of aliphatic carboxylic acids is 1. The molecule has 23 heavy (non-hydrogen) atoms. The quantitative estimate of drug-likeness (QED) is 0.373. The van der Waals surface area contributed by atoms with Crippen molar-refractivity contribution in [2.75, 3.05) is 6.54 Å². The molecule has 0 bridgehead atoms. The summed E-state index contributed by atoms with van der Waals surface area (Å²) in [5.74, 6) is -1.19. The average molecular weight is 332 g/mol. The molecule has 0 aromatic carbocycles. The molecule has 4 N–H and O–H groups in total. The molecular weight excluding hydrogens is 290 g/mol. The topological polar surface area (TPSA) is 83.5 Å². The summed E-state index contributed by atoms with van der Waals surface area (Å²) in [7, 11) is 0. The average Bonchev–Trinajstić information content (AvgIpc) is 2.52. The fourth-order valence-corrected chi connectivity index (χ4v) is 2.34. The highest BCUT2D eigenvalue weighted by Gasteiger charge is 2.01. The molecule has 0 spiro atoms. The third kappa shape index (κ3) is 26.6. The number of hydrogen-bond donors (Lipinski definition) is 3. The van der Waals surface area contributed by atoms with Crippen LogP contribution in [0.3, 0.4) is 0 Å². The second kappa shape index (κ2) is 21.4. The lowest BCUT2D eigenvalue weighted by atomic mass is 10.0. The van der Waals surface area contributed by atoms with Crippen LogP contribution >= 0.6 is 0 Å². The Morgan fingerprint density at radius 3 is 1.26 bits per heavy atom. The Balaban J connectivity index is 0. The van der Waals surface area contributed by atoms with E-state index in [1.165, 1.54) is 96.8 Å². The van der Waals surface area contributed by atoms with E-state index < -0.39 is 12.1 Å². The fraction of sp³-hybridized carbons (Fsp3) is 0.947. The summed E-state index contributed by atoms with van der Waals surface area (Å²) in [6.45, 7) is 4.36. The number of aliphatic hydroxyl groups is 1. The minimum absolute atomic E-state index is 0.873. The van der Waals surface area contributed by atoms with Crippen molar-refractivity contribution in [1.29, 1.82) is 0 Å². The smallest absolute Gasteiger partial charge is 0.332 e. The van der Waals surface area contributed by atoms with Crippen LogP contribution in [0.1, 0.15) is 104 Å². The second-order valence-corrected chi connectivity index (χ2v) is 6.40. The molecule has 140 valence electrons. The van der Waals surface area contributed by atoms with Crippen molar-refractivity contribution < 1.29 is 15.0 Å². The summed E-state index contributed by atoms with van der Waals surface area (Å²) >= 11 is 0. The van der Waals surface area contributed by atoms with Crippen LogP contribution in [-0.4, -0.2) is 28.8 Å². The molecule has 0 saturated carbocycles. The van der Waals surface area contributed by atoms with Gasteiger partial charge in [-0.1, -0.05) is 90.4 Å². The van der Waals surface area contributed by atoms with E-state index in [2.05, 4.69) is 6.92 Å². The molecule has 4 heteroatoms. The molecule has 0 rings (SSSR count). The molecule has 1 atom stereocenters. The number of nitrogens with two attached hydrogens (primary N) is 1. The summed E-state index contributed by atoms with van der Waals surface area (Å²) in [5, 5.41) is 15.8. The van der Waals surface area contributed by atoms with Crippen LogP contribution in [0, 0.1) is 0 Å². The lowest BCUT2D eigenvalue weighted by molar-refractivity contribution is -0.145. The van der Waals surface area contributed by atoms with E-state index in [0.29, 0.717) is 0 Å². The van der Waals surface area contributed by atoms with Crippen LogP contribution in [-0.2, 0) is 4.79 Å². The highest BCUT2D eigenvalue weighted by Crippen LogP contribution is 2.12. The van der Waals surface area contributed by atoms with Crippen molar-refractivity contribution in [3.8, 4) is 0 Å². The Morgan fingerprint density at radius 1 is 0.783 bits per heavy atom. The highest BCUT2D eigenvalue weighted by atomic mass is 16.4. The van der Waals surface area contributed by atoms with Gasteiger partial charge in [0.05, 0.1) is 0 Å². The van der Waals surface area contributed by atoms with E-state index >= 15 is 0 Å². The van der Waals surface area contributed by atoms with Crippen LogP contribution in [0.2, 0.25) is 0 Å². The second-order valence-electron chi connectivity index (χ2n) is 6.40. The van der Waals surface area contributed by atoms with Crippen molar-refractivity contribution in [1.82, 2.24) is 0 Å². The minimum Gasteiger partial charge on any atom is -0.479 e. The van der Waals surface area contributed by atoms with E-state index in [-0.39, 0.29) is 0 Å².